The molecule has 0 spiro atoms. The van der Waals surface area contributed by atoms with Gasteiger partial charge >= 0.3 is 0 Å². The summed E-state index contributed by atoms with van der Waals surface area (Å²) in [4.78, 5) is 19.0. The van der Waals surface area contributed by atoms with Crippen molar-refractivity contribution in [1.82, 2.24) is 19.9 Å². The van der Waals surface area contributed by atoms with Gasteiger partial charge in [-0.15, -0.1) is 0 Å². The quantitative estimate of drug-likeness (QED) is 0.851. The van der Waals surface area contributed by atoms with E-state index in [0.29, 0.717) is 0 Å². The third kappa shape index (κ3) is 2.93. The number of rotatable bonds is 2. The van der Waals surface area contributed by atoms with Gasteiger partial charge in [-0.25, -0.2) is 9.97 Å². The first-order chi connectivity index (χ1) is 11.3. The number of likely N-dealkylation sites (N-methyl/N-ethyl adjacent to an activating group) is 1. The van der Waals surface area contributed by atoms with Crippen molar-refractivity contribution < 1.29 is 0 Å². The lowest BCUT2D eigenvalue weighted by Crippen LogP contribution is -2.30. The fourth-order valence-corrected chi connectivity index (χ4v) is 3.54. The average molecular weight is 309 g/mol. The van der Waals surface area contributed by atoms with Gasteiger partial charge in [0.05, 0.1) is 0 Å². The Morgan fingerprint density at radius 3 is 2.78 bits per heavy atom. The normalized spacial score (nSPS) is 18.7. The van der Waals surface area contributed by atoms with Crippen molar-refractivity contribution in [1.29, 1.82) is 0 Å². The van der Waals surface area contributed by atoms with Gasteiger partial charge in [-0.3, -0.25) is 4.98 Å². The Labute approximate surface area is 137 Å². The summed E-state index contributed by atoms with van der Waals surface area (Å²) in [5.41, 5.74) is 3.47. The average Bonchev–Trinajstić information content (AvgIpc) is 2.96. The van der Waals surface area contributed by atoms with Gasteiger partial charge in [-0.05, 0) is 51.4 Å². The minimum atomic E-state index is 0.777. The van der Waals surface area contributed by atoms with Crippen LogP contribution in [0.25, 0.3) is 11.5 Å². The Bertz CT molecular complexity index is 685. The minimum absolute atomic E-state index is 0.777. The zero-order valence-electron chi connectivity index (χ0n) is 13.7. The van der Waals surface area contributed by atoms with Crippen LogP contribution in [0.5, 0.6) is 0 Å². The molecule has 0 bridgehead atoms. The molecule has 2 aliphatic rings. The second-order valence-electron chi connectivity index (χ2n) is 6.51. The van der Waals surface area contributed by atoms with Crippen LogP contribution in [0.15, 0.2) is 24.4 Å². The molecule has 0 atom stereocenters. The van der Waals surface area contributed by atoms with E-state index in [0.717, 1.165) is 56.4 Å². The fraction of sp³-hybridized carbons (Fsp3) is 0.500. The standard InChI is InChI=1S/C18H23N5/c1-22-10-5-11-23(13-12-22)18-14-6-4-8-15(14)20-17(21-18)16-7-2-3-9-19-16/h2-3,7,9H,4-6,8,10-13H2,1H3. The van der Waals surface area contributed by atoms with Crippen molar-refractivity contribution >= 4 is 5.82 Å². The SMILES string of the molecule is CN1CCCN(c2nc(-c3ccccn3)nc3c2CCC3)CC1. The van der Waals surface area contributed by atoms with Gasteiger partial charge in [-0.2, -0.15) is 0 Å². The van der Waals surface area contributed by atoms with Crippen LogP contribution in [0.1, 0.15) is 24.1 Å². The molecule has 3 heterocycles. The smallest absolute Gasteiger partial charge is 0.180 e. The van der Waals surface area contributed by atoms with Gasteiger partial charge in [0.15, 0.2) is 5.82 Å². The molecule has 1 saturated heterocycles. The summed E-state index contributed by atoms with van der Waals surface area (Å²) in [7, 11) is 2.20. The summed E-state index contributed by atoms with van der Waals surface area (Å²) < 4.78 is 0. The van der Waals surface area contributed by atoms with Crippen LogP contribution in [-0.4, -0.2) is 53.1 Å². The van der Waals surface area contributed by atoms with E-state index in [9.17, 15) is 0 Å². The third-order valence-electron chi connectivity index (χ3n) is 4.82. The van der Waals surface area contributed by atoms with Gasteiger partial charge in [0.1, 0.15) is 11.5 Å². The number of hydrogen-bond donors (Lipinski definition) is 0. The lowest BCUT2D eigenvalue weighted by atomic mass is 10.2. The van der Waals surface area contributed by atoms with Crippen molar-refractivity contribution in [2.24, 2.45) is 0 Å². The highest BCUT2D eigenvalue weighted by Crippen LogP contribution is 2.31. The first-order valence-corrected chi connectivity index (χ1v) is 8.56. The lowest BCUT2D eigenvalue weighted by molar-refractivity contribution is 0.360. The van der Waals surface area contributed by atoms with E-state index in [1.165, 1.54) is 24.1 Å². The molecule has 2 aromatic rings. The summed E-state index contributed by atoms with van der Waals surface area (Å²) >= 11 is 0. The van der Waals surface area contributed by atoms with E-state index in [2.05, 4.69) is 21.8 Å². The zero-order chi connectivity index (χ0) is 15.6. The zero-order valence-corrected chi connectivity index (χ0v) is 13.7. The van der Waals surface area contributed by atoms with Crippen LogP contribution >= 0.6 is 0 Å². The van der Waals surface area contributed by atoms with Crippen LogP contribution in [0.3, 0.4) is 0 Å². The second kappa shape index (κ2) is 6.24. The molecule has 120 valence electrons. The van der Waals surface area contributed by atoms with Crippen LogP contribution in [0.4, 0.5) is 5.82 Å². The first-order valence-electron chi connectivity index (χ1n) is 8.56. The molecule has 0 amide bonds. The van der Waals surface area contributed by atoms with Crippen LogP contribution in [0.2, 0.25) is 0 Å². The molecule has 2 aromatic heterocycles. The van der Waals surface area contributed by atoms with Crippen molar-refractivity contribution in [3.63, 3.8) is 0 Å². The van der Waals surface area contributed by atoms with Gasteiger partial charge in [0, 0.05) is 37.1 Å². The van der Waals surface area contributed by atoms with Crippen LogP contribution < -0.4 is 4.90 Å². The predicted molar refractivity (Wildman–Crippen MR) is 91.6 cm³/mol. The van der Waals surface area contributed by atoms with E-state index in [-0.39, 0.29) is 0 Å². The molecule has 0 N–H and O–H groups in total. The van der Waals surface area contributed by atoms with Gasteiger partial charge in [0.25, 0.3) is 0 Å². The minimum Gasteiger partial charge on any atom is -0.355 e. The van der Waals surface area contributed by atoms with Crippen LogP contribution in [-0.2, 0) is 12.8 Å². The molecular weight excluding hydrogens is 286 g/mol. The molecule has 4 rings (SSSR count). The van der Waals surface area contributed by atoms with E-state index < -0.39 is 0 Å². The summed E-state index contributed by atoms with van der Waals surface area (Å²) in [5, 5.41) is 0. The molecular formula is C18H23N5. The molecule has 0 aromatic carbocycles. The van der Waals surface area contributed by atoms with E-state index in [4.69, 9.17) is 9.97 Å². The molecule has 5 heteroatoms. The molecule has 23 heavy (non-hydrogen) atoms. The largest absolute Gasteiger partial charge is 0.355 e. The number of aryl methyl sites for hydroxylation is 1. The maximum absolute atomic E-state index is 4.94. The molecule has 5 nitrogen and oxygen atoms in total. The van der Waals surface area contributed by atoms with Crippen molar-refractivity contribution in [2.45, 2.75) is 25.7 Å². The molecule has 0 unspecified atom stereocenters. The number of anilines is 1. The first kappa shape index (κ1) is 14.6. The summed E-state index contributed by atoms with van der Waals surface area (Å²) in [6.07, 6.45) is 6.37. The van der Waals surface area contributed by atoms with Crippen molar-refractivity contribution in [3.05, 3.63) is 35.7 Å². The van der Waals surface area contributed by atoms with E-state index in [1.54, 1.807) is 0 Å². The van der Waals surface area contributed by atoms with Crippen molar-refractivity contribution in [3.8, 4) is 11.5 Å². The van der Waals surface area contributed by atoms with Gasteiger partial charge in [0.2, 0.25) is 0 Å². The topological polar surface area (TPSA) is 45.2 Å². The third-order valence-corrected chi connectivity index (χ3v) is 4.82. The van der Waals surface area contributed by atoms with Crippen molar-refractivity contribution in [2.75, 3.05) is 38.1 Å². The van der Waals surface area contributed by atoms with E-state index >= 15 is 0 Å². The molecule has 1 fully saturated rings. The molecule has 1 aliphatic carbocycles. The van der Waals surface area contributed by atoms with Gasteiger partial charge in [-0.1, -0.05) is 6.07 Å². The summed E-state index contributed by atoms with van der Waals surface area (Å²) in [5.74, 6) is 1.93. The lowest BCUT2D eigenvalue weighted by Gasteiger charge is -2.24. The Balaban J connectivity index is 1.75. The Kier molecular flexibility index (Phi) is 3.95. The highest BCUT2D eigenvalue weighted by Gasteiger charge is 2.24. The maximum atomic E-state index is 4.94. The van der Waals surface area contributed by atoms with E-state index in [1.807, 2.05) is 24.4 Å². The maximum Gasteiger partial charge on any atom is 0.180 e. The van der Waals surface area contributed by atoms with Crippen LogP contribution in [0, 0.1) is 0 Å². The Morgan fingerprint density at radius 2 is 1.91 bits per heavy atom. The van der Waals surface area contributed by atoms with Gasteiger partial charge < -0.3 is 9.80 Å². The Morgan fingerprint density at radius 1 is 0.957 bits per heavy atom. The molecule has 0 radical (unpaired) electrons. The number of pyridine rings is 1. The number of hydrogen-bond acceptors (Lipinski definition) is 5. The number of fused-ring (bicyclic) bond motifs is 1. The number of nitrogens with zero attached hydrogens (tertiary/aromatic N) is 5. The number of aromatic nitrogens is 3. The molecule has 0 saturated carbocycles. The summed E-state index contributed by atoms with van der Waals surface area (Å²) in [6.45, 7) is 4.38. The highest BCUT2D eigenvalue weighted by molar-refractivity contribution is 5.59. The monoisotopic (exact) mass is 309 g/mol. The highest BCUT2D eigenvalue weighted by atomic mass is 15.2. The predicted octanol–water partition coefficient (Wildman–Crippen LogP) is 2.17. The molecule has 1 aliphatic heterocycles. The fourth-order valence-electron chi connectivity index (χ4n) is 3.54. The summed E-state index contributed by atoms with van der Waals surface area (Å²) in [6, 6.07) is 5.93. The Hall–Kier alpha value is -2.01. The second-order valence-corrected chi connectivity index (χ2v) is 6.51.